The minimum atomic E-state index is -1.36. The van der Waals surface area contributed by atoms with E-state index in [1.165, 1.54) is 24.3 Å². The van der Waals surface area contributed by atoms with Crippen LogP contribution in [0.5, 0.6) is 0 Å². The molecule has 0 bridgehead atoms. The van der Waals surface area contributed by atoms with Crippen LogP contribution in [-0.4, -0.2) is 91.6 Å². The van der Waals surface area contributed by atoms with Gasteiger partial charge in [0.1, 0.15) is 18.1 Å². The number of imidazole rings is 1. The maximum atomic E-state index is 13.3. The lowest BCUT2D eigenvalue weighted by atomic mass is 10.0. The van der Waals surface area contributed by atoms with Crippen molar-refractivity contribution in [3.63, 3.8) is 0 Å². The number of thioether (sulfide) groups is 1. The first-order chi connectivity index (χ1) is 18.7. The second-order valence-corrected chi connectivity index (χ2v) is 9.92. The van der Waals surface area contributed by atoms with Gasteiger partial charge in [-0.3, -0.25) is 14.4 Å². The minimum absolute atomic E-state index is 0.000925. The molecule has 0 fully saturated rings. The molecule has 3 amide bonds. The molecule has 0 spiro atoms. The molecule has 4 unspecified atom stereocenters. The van der Waals surface area contributed by atoms with E-state index in [9.17, 15) is 29.4 Å². The van der Waals surface area contributed by atoms with Crippen molar-refractivity contribution in [1.82, 2.24) is 30.9 Å². The Morgan fingerprint density at radius 1 is 1.00 bits per heavy atom. The summed E-state index contributed by atoms with van der Waals surface area (Å²) in [6.07, 6.45) is 6.75. The van der Waals surface area contributed by atoms with Gasteiger partial charge in [-0.2, -0.15) is 11.8 Å². The topological polar surface area (TPSA) is 215 Å². The smallest absolute Gasteiger partial charge is 0.326 e. The Labute approximate surface area is 228 Å². The normalized spacial score (nSPS) is 14.2. The average molecular weight is 560 g/mol. The lowest BCUT2D eigenvalue weighted by Crippen LogP contribution is -2.58. The molecule has 3 rings (SSSR count). The molecular formula is C25H33N7O6S. The largest absolute Gasteiger partial charge is 0.480 e. The number of benzene rings is 1. The number of hydrogen-bond acceptors (Lipinski definition) is 8. The monoisotopic (exact) mass is 559 g/mol. The number of H-pyrrole nitrogens is 2. The highest BCUT2D eigenvalue weighted by molar-refractivity contribution is 7.98. The zero-order valence-electron chi connectivity index (χ0n) is 21.3. The molecular weight excluding hydrogens is 526 g/mol. The van der Waals surface area contributed by atoms with Crippen molar-refractivity contribution in [2.75, 3.05) is 18.6 Å². The van der Waals surface area contributed by atoms with Crippen LogP contribution in [0, 0.1) is 0 Å². The Morgan fingerprint density at radius 3 is 2.36 bits per heavy atom. The highest BCUT2D eigenvalue weighted by atomic mass is 32.2. The average Bonchev–Trinajstić information content (AvgIpc) is 3.59. The first-order valence-corrected chi connectivity index (χ1v) is 13.6. The van der Waals surface area contributed by atoms with Crippen molar-refractivity contribution in [1.29, 1.82) is 0 Å². The number of aromatic nitrogens is 3. The van der Waals surface area contributed by atoms with Gasteiger partial charge in [-0.1, -0.05) is 18.2 Å². The van der Waals surface area contributed by atoms with Gasteiger partial charge in [0.05, 0.1) is 19.0 Å². The summed E-state index contributed by atoms with van der Waals surface area (Å²) in [7, 11) is 0. The number of carboxylic acid groups (broad SMARTS) is 1. The minimum Gasteiger partial charge on any atom is -0.480 e. The molecule has 0 saturated carbocycles. The Balaban J connectivity index is 1.73. The van der Waals surface area contributed by atoms with E-state index < -0.39 is 54.5 Å². The maximum absolute atomic E-state index is 13.3. The van der Waals surface area contributed by atoms with Gasteiger partial charge in [0.25, 0.3) is 0 Å². The van der Waals surface area contributed by atoms with Crippen molar-refractivity contribution in [3.8, 4) is 0 Å². The number of nitrogens with one attached hydrogen (secondary N) is 5. The van der Waals surface area contributed by atoms with Crippen LogP contribution in [0.2, 0.25) is 0 Å². The number of nitrogens with two attached hydrogens (primary N) is 1. The maximum Gasteiger partial charge on any atom is 0.326 e. The van der Waals surface area contributed by atoms with Gasteiger partial charge in [0.15, 0.2) is 0 Å². The zero-order chi connectivity index (χ0) is 28.4. The summed E-state index contributed by atoms with van der Waals surface area (Å²) in [5.74, 6) is -2.81. The Morgan fingerprint density at radius 2 is 1.69 bits per heavy atom. The number of fused-ring (bicyclic) bond motifs is 1. The van der Waals surface area contributed by atoms with Crippen molar-refractivity contribution in [2.24, 2.45) is 5.73 Å². The zero-order valence-corrected chi connectivity index (χ0v) is 22.2. The molecule has 0 aliphatic rings. The summed E-state index contributed by atoms with van der Waals surface area (Å²) < 4.78 is 0. The Hall–Kier alpha value is -3.88. The van der Waals surface area contributed by atoms with Crippen molar-refractivity contribution >= 4 is 46.4 Å². The van der Waals surface area contributed by atoms with Crippen molar-refractivity contribution < 1.29 is 29.4 Å². The fourth-order valence-electron chi connectivity index (χ4n) is 3.94. The number of hydrogen-bond donors (Lipinski definition) is 8. The van der Waals surface area contributed by atoms with Crippen LogP contribution in [0.1, 0.15) is 17.7 Å². The van der Waals surface area contributed by atoms with E-state index in [1.807, 2.05) is 30.5 Å². The number of nitrogens with zero attached hydrogens (tertiary/aromatic N) is 1. The molecule has 9 N–H and O–H groups in total. The number of para-hydroxylation sites is 1. The number of carbonyl (C=O) groups is 4. The molecule has 39 heavy (non-hydrogen) atoms. The first-order valence-electron chi connectivity index (χ1n) is 12.2. The van der Waals surface area contributed by atoms with E-state index in [2.05, 4.69) is 30.9 Å². The number of aliphatic carboxylic acids is 1. The van der Waals surface area contributed by atoms with E-state index in [-0.39, 0.29) is 12.8 Å². The molecule has 2 aromatic heterocycles. The summed E-state index contributed by atoms with van der Waals surface area (Å²) in [5, 5.41) is 27.8. The lowest BCUT2D eigenvalue weighted by molar-refractivity contribution is -0.142. The predicted octanol–water partition coefficient (Wildman–Crippen LogP) is -0.712. The van der Waals surface area contributed by atoms with Crippen LogP contribution >= 0.6 is 11.8 Å². The Kier molecular flexibility index (Phi) is 10.9. The van der Waals surface area contributed by atoms with Crippen LogP contribution in [0.25, 0.3) is 10.9 Å². The third-order valence-electron chi connectivity index (χ3n) is 6.11. The van der Waals surface area contributed by atoms with Crippen molar-refractivity contribution in [3.05, 3.63) is 54.2 Å². The SMILES string of the molecule is CSCCC(N)C(=O)NC(CO)C(=O)NC(Cc1cnc[nH]1)C(=O)NC(Cc1c[nH]c2ccccc12)C(=O)O. The summed E-state index contributed by atoms with van der Waals surface area (Å²) in [5.41, 5.74) is 7.88. The molecule has 14 heteroatoms. The van der Waals surface area contributed by atoms with Crippen LogP contribution in [-0.2, 0) is 32.0 Å². The molecule has 3 aromatic rings. The quantitative estimate of drug-likeness (QED) is 0.118. The number of aromatic amines is 2. The molecule has 0 aliphatic heterocycles. The van der Waals surface area contributed by atoms with Gasteiger partial charge in [-0.05, 0) is 30.1 Å². The summed E-state index contributed by atoms with van der Waals surface area (Å²) >= 11 is 1.51. The van der Waals surface area contributed by atoms with E-state index in [4.69, 9.17) is 5.73 Å². The summed E-state index contributed by atoms with van der Waals surface area (Å²) in [6, 6.07) is 2.62. The standard InChI is InChI=1S/C25H33N7O6S/c1-39-7-6-17(26)22(34)32-21(12-33)24(36)30-19(9-15-11-27-13-29-15)23(35)31-20(25(37)38)8-14-10-28-18-5-3-2-4-16(14)18/h2-5,10-11,13,17,19-21,28,33H,6-9,12,26H2,1H3,(H,27,29)(H,30,36)(H,31,35)(H,32,34)(H,37,38). The van der Waals surface area contributed by atoms with E-state index in [0.717, 1.165) is 10.9 Å². The van der Waals surface area contributed by atoms with Gasteiger partial charge in [-0.15, -0.1) is 0 Å². The van der Waals surface area contributed by atoms with Gasteiger partial charge >= 0.3 is 5.97 Å². The van der Waals surface area contributed by atoms with Crippen LogP contribution in [0.15, 0.2) is 43.0 Å². The highest BCUT2D eigenvalue weighted by Crippen LogP contribution is 2.19. The number of carbonyl (C=O) groups excluding carboxylic acids is 3. The second kappa shape index (κ2) is 14.3. The van der Waals surface area contributed by atoms with Gasteiger partial charge < -0.3 is 41.9 Å². The van der Waals surface area contributed by atoms with E-state index in [0.29, 0.717) is 23.4 Å². The van der Waals surface area contributed by atoms with E-state index >= 15 is 0 Å². The van der Waals surface area contributed by atoms with Crippen molar-refractivity contribution in [2.45, 2.75) is 43.4 Å². The lowest BCUT2D eigenvalue weighted by Gasteiger charge is -2.24. The van der Waals surface area contributed by atoms with Gasteiger partial charge in [-0.25, -0.2) is 9.78 Å². The Bertz CT molecular complexity index is 1260. The van der Waals surface area contributed by atoms with Crippen LogP contribution < -0.4 is 21.7 Å². The van der Waals surface area contributed by atoms with Crippen LogP contribution in [0.4, 0.5) is 0 Å². The third kappa shape index (κ3) is 8.30. The molecule has 0 aliphatic carbocycles. The predicted molar refractivity (Wildman–Crippen MR) is 146 cm³/mol. The fourth-order valence-corrected chi connectivity index (χ4v) is 4.43. The fraction of sp³-hybridized carbons (Fsp3) is 0.400. The molecule has 0 radical (unpaired) electrons. The number of rotatable bonds is 15. The van der Waals surface area contributed by atoms with E-state index in [1.54, 1.807) is 6.20 Å². The number of amides is 3. The summed E-state index contributed by atoms with van der Waals surface area (Å²) in [6.45, 7) is -0.733. The molecule has 2 heterocycles. The molecule has 210 valence electrons. The second-order valence-electron chi connectivity index (χ2n) is 8.94. The highest BCUT2D eigenvalue weighted by Gasteiger charge is 2.31. The summed E-state index contributed by atoms with van der Waals surface area (Å²) in [4.78, 5) is 60.5. The molecule has 13 nitrogen and oxygen atoms in total. The number of aliphatic hydroxyl groups excluding tert-OH is 1. The molecule has 1 aromatic carbocycles. The first kappa shape index (κ1) is 29.7. The molecule has 4 atom stereocenters. The van der Waals surface area contributed by atoms with Gasteiger partial charge in [0.2, 0.25) is 17.7 Å². The number of aliphatic hydroxyl groups is 1. The van der Waals surface area contributed by atoms with Crippen LogP contribution in [0.3, 0.4) is 0 Å². The van der Waals surface area contributed by atoms with Gasteiger partial charge in [0, 0.05) is 41.8 Å². The molecule has 0 saturated heterocycles. The number of carboxylic acids is 1. The third-order valence-corrected chi connectivity index (χ3v) is 6.75.